The van der Waals surface area contributed by atoms with E-state index in [1.54, 1.807) is 12.1 Å². The van der Waals surface area contributed by atoms with E-state index in [0.717, 1.165) is 5.56 Å². The highest BCUT2D eigenvalue weighted by atomic mass is 32.1. The van der Waals surface area contributed by atoms with Gasteiger partial charge in [0.25, 0.3) is 0 Å². The lowest BCUT2D eigenvalue weighted by Gasteiger charge is -2.24. The van der Waals surface area contributed by atoms with Gasteiger partial charge in [0.15, 0.2) is 0 Å². The molecule has 4 amide bonds. The van der Waals surface area contributed by atoms with Crippen LogP contribution in [0.15, 0.2) is 42.9 Å². The predicted octanol–water partition coefficient (Wildman–Crippen LogP) is -2.13. The predicted molar refractivity (Wildman–Crippen MR) is 132 cm³/mol. The largest absolute Gasteiger partial charge is 0.480 e. The summed E-state index contributed by atoms with van der Waals surface area (Å²) in [6.07, 6.45) is 2.43. The van der Waals surface area contributed by atoms with Crippen molar-refractivity contribution in [2.24, 2.45) is 11.5 Å². The molecule has 0 fully saturated rings. The van der Waals surface area contributed by atoms with E-state index >= 15 is 0 Å². The van der Waals surface area contributed by atoms with Crippen LogP contribution in [0.3, 0.4) is 0 Å². The number of benzene rings is 1. The lowest BCUT2D eigenvalue weighted by Crippen LogP contribution is -2.58. The summed E-state index contributed by atoms with van der Waals surface area (Å²) in [7, 11) is 0. The summed E-state index contributed by atoms with van der Waals surface area (Å²) >= 11 is 3.87. The van der Waals surface area contributed by atoms with Crippen LogP contribution in [0.1, 0.15) is 17.7 Å². The first-order chi connectivity index (χ1) is 17.1. The number of carboxylic acid groups (broad SMARTS) is 1. The molecule has 0 aliphatic carbocycles. The summed E-state index contributed by atoms with van der Waals surface area (Å²) < 4.78 is 0. The van der Waals surface area contributed by atoms with E-state index in [0.29, 0.717) is 5.69 Å². The minimum Gasteiger partial charge on any atom is -0.480 e. The number of nitrogens with two attached hydrogens (primary N) is 2. The van der Waals surface area contributed by atoms with Gasteiger partial charge in [-0.2, -0.15) is 12.6 Å². The molecule has 2 rings (SSSR count). The first kappa shape index (κ1) is 28.3. The molecule has 0 saturated heterocycles. The molecule has 36 heavy (non-hydrogen) atoms. The van der Waals surface area contributed by atoms with Crippen LogP contribution in [-0.2, 0) is 36.8 Å². The Morgan fingerprint density at radius 2 is 1.56 bits per heavy atom. The summed E-state index contributed by atoms with van der Waals surface area (Å²) in [4.78, 5) is 67.9. The van der Waals surface area contributed by atoms with Crippen molar-refractivity contribution < 1.29 is 29.1 Å². The zero-order valence-corrected chi connectivity index (χ0v) is 20.1. The first-order valence-corrected chi connectivity index (χ1v) is 11.5. The van der Waals surface area contributed by atoms with Gasteiger partial charge in [0.1, 0.15) is 18.1 Å². The smallest absolute Gasteiger partial charge is 0.327 e. The molecule has 4 atom stereocenters. The van der Waals surface area contributed by atoms with Gasteiger partial charge in [0.2, 0.25) is 23.6 Å². The molecular formula is C22H29N7O6S. The van der Waals surface area contributed by atoms with Gasteiger partial charge in [-0.1, -0.05) is 30.3 Å². The Hall–Kier alpha value is -3.91. The van der Waals surface area contributed by atoms with Gasteiger partial charge < -0.3 is 37.5 Å². The molecule has 0 saturated carbocycles. The second kappa shape index (κ2) is 13.8. The lowest BCUT2D eigenvalue weighted by atomic mass is 10.0. The Labute approximate surface area is 212 Å². The summed E-state index contributed by atoms with van der Waals surface area (Å²) in [5.74, 6) is -4.86. The molecule has 4 unspecified atom stereocenters. The Kier molecular flexibility index (Phi) is 10.9. The topological polar surface area (TPSA) is 222 Å². The van der Waals surface area contributed by atoms with E-state index in [1.165, 1.54) is 12.5 Å². The number of nitrogens with one attached hydrogen (secondary N) is 4. The number of hydrogen-bond acceptors (Lipinski definition) is 8. The quantitative estimate of drug-likeness (QED) is 0.128. The Bertz CT molecular complexity index is 1050. The van der Waals surface area contributed by atoms with Crippen molar-refractivity contribution in [2.45, 2.75) is 43.4 Å². The van der Waals surface area contributed by atoms with Crippen molar-refractivity contribution >= 4 is 42.2 Å². The molecule has 1 heterocycles. The van der Waals surface area contributed by atoms with Crippen molar-refractivity contribution in [3.63, 3.8) is 0 Å². The van der Waals surface area contributed by atoms with Crippen LogP contribution in [-0.4, -0.2) is 74.6 Å². The SMILES string of the molecule is NC(=O)CC(NC(=O)C(Cc1cnc[nH]1)NC(=O)C(N)Cc1ccccc1)C(=O)NC(CS)C(=O)O. The fraction of sp³-hybridized carbons (Fsp3) is 0.364. The summed E-state index contributed by atoms with van der Waals surface area (Å²) in [6, 6.07) is 4.04. The number of nitrogens with zero attached hydrogens (tertiary/aromatic N) is 1. The molecule has 0 spiro atoms. The van der Waals surface area contributed by atoms with Gasteiger partial charge in [-0.15, -0.1) is 0 Å². The number of hydrogen-bond donors (Lipinski definition) is 8. The van der Waals surface area contributed by atoms with E-state index < -0.39 is 60.2 Å². The highest BCUT2D eigenvalue weighted by molar-refractivity contribution is 7.80. The standard InChI is InChI=1S/C22H29N7O6S/c23-14(6-12-4-2-1-3-5-12)19(31)27-15(7-13-9-25-11-26-13)20(32)28-16(8-18(24)30)21(33)29-17(10-36)22(34)35/h1-5,9,11,14-17,36H,6-8,10,23H2,(H2,24,30)(H,25,26)(H,27,31)(H,28,32)(H,29,33)(H,34,35). The fourth-order valence-electron chi connectivity index (χ4n) is 3.21. The highest BCUT2D eigenvalue weighted by Crippen LogP contribution is 2.05. The van der Waals surface area contributed by atoms with Gasteiger partial charge in [0.05, 0.1) is 18.8 Å². The molecule has 0 bridgehead atoms. The average molecular weight is 520 g/mol. The average Bonchev–Trinajstić information content (AvgIpc) is 3.34. The monoisotopic (exact) mass is 519 g/mol. The summed E-state index contributed by atoms with van der Waals surface area (Å²) in [5.41, 5.74) is 12.6. The van der Waals surface area contributed by atoms with E-state index in [2.05, 4.69) is 38.5 Å². The zero-order valence-electron chi connectivity index (χ0n) is 19.2. The molecule has 13 nitrogen and oxygen atoms in total. The molecule has 1 aromatic carbocycles. The zero-order chi connectivity index (χ0) is 26.7. The normalized spacial score (nSPS) is 14.1. The number of primary amides is 1. The van der Waals surface area contributed by atoms with Crippen molar-refractivity contribution in [3.05, 3.63) is 54.1 Å². The number of amides is 4. The number of aliphatic carboxylic acids is 1. The van der Waals surface area contributed by atoms with Crippen molar-refractivity contribution in [3.8, 4) is 0 Å². The van der Waals surface area contributed by atoms with Crippen LogP contribution < -0.4 is 27.4 Å². The van der Waals surface area contributed by atoms with Gasteiger partial charge in [-0.05, 0) is 12.0 Å². The highest BCUT2D eigenvalue weighted by Gasteiger charge is 2.31. The van der Waals surface area contributed by atoms with Crippen LogP contribution in [0.5, 0.6) is 0 Å². The molecule has 0 aliphatic heterocycles. The number of imidazole rings is 1. The lowest BCUT2D eigenvalue weighted by molar-refractivity contribution is -0.141. The molecule has 9 N–H and O–H groups in total. The van der Waals surface area contributed by atoms with Gasteiger partial charge in [-0.3, -0.25) is 19.2 Å². The minimum atomic E-state index is -1.49. The molecule has 0 aliphatic rings. The number of rotatable bonds is 14. The summed E-state index contributed by atoms with van der Waals surface area (Å²) in [6.45, 7) is 0. The Balaban J connectivity index is 2.16. The second-order valence-corrected chi connectivity index (χ2v) is 8.32. The van der Waals surface area contributed by atoms with E-state index in [4.69, 9.17) is 16.6 Å². The van der Waals surface area contributed by atoms with E-state index in [1.807, 2.05) is 18.2 Å². The van der Waals surface area contributed by atoms with Crippen LogP contribution in [0.25, 0.3) is 0 Å². The van der Waals surface area contributed by atoms with Crippen molar-refractivity contribution in [1.29, 1.82) is 0 Å². The van der Waals surface area contributed by atoms with Gasteiger partial charge >= 0.3 is 5.97 Å². The first-order valence-electron chi connectivity index (χ1n) is 10.9. The maximum absolute atomic E-state index is 13.1. The van der Waals surface area contributed by atoms with Crippen LogP contribution in [0.2, 0.25) is 0 Å². The van der Waals surface area contributed by atoms with Crippen molar-refractivity contribution in [1.82, 2.24) is 25.9 Å². The van der Waals surface area contributed by atoms with Gasteiger partial charge in [-0.25, -0.2) is 9.78 Å². The molecule has 194 valence electrons. The number of aromatic amines is 1. The van der Waals surface area contributed by atoms with Crippen LogP contribution in [0, 0.1) is 0 Å². The van der Waals surface area contributed by atoms with Crippen LogP contribution >= 0.6 is 12.6 Å². The summed E-state index contributed by atoms with van der Waals surface area (Å²) in [5, 5.41) is 16.3. The Morgan fingerprint density at radius 1 is 0.944 bits per heavy atom. The molecule has 0 radical (unpaired) electrons. The molecule has 14 heteroatoms. The van der Waals surface area contributed by atoms with Crippen LogP contribution in [0.4, 0.5) is 0 Å². The second-order valence-electron chi connectivity index (χ2n) is 7.95. The number of carbonyl (C=O) groups is 5. The number of H-pyrrole nitrogens is 1. The number of thiol groups is 1. The number of carbonyl (C=O) groups excluding carboxylic acids is 4. The third-order valence-electron chi connectivity index (χ3n) is 5.08. The van der Waals surface area contributed by atoms with Gasteiger partial charge in [0, 0.05) is 24.1 Å². The Morgan fingerprint density at radius 3 is 2.11 bits per heavy atom. The van der Waals surface area contributed by atoms with Crippen molar-refractivity contribution in [2.75, 3.05) is 5.75 Å². The van der Waals surface area contributed by atoms with E-state index in [-0.39, 0.29) is 18.6 Å². The third kappa shape index (κ3) is 9.03. The molecule has 1 aromatic heterocycles. The molecular weight excluding hydrogens is 490 g/mol. The maximum atomic E-state index is 13.1. The maximum Gasteiger partial charge on any atom is 0.327 e. The fourth-order valence-corrected chi connectivity index (χ4v) is 3.45. The number of aromatic nitrogens is 2. The minimum absolute atomic E-state index is 0.0328. The van der Waals surface area contributed by atoms with E-state index in [9.17, 15) is 24.0 Å². The number of carboxylic acids is 1. The molecule has 2 aromatic rings. The third-order valence-corrected chi connectivity index (χ3v) is 5.45.